The van der Waals surface area contributed by atoms with Crippen LogP contribution in [0, 0.1) is 0 Å². The van der Waals surface area contributed by atoms with E-state index in [4.69, 9.17) is 14.2 Å². The SMILES string of the molecule is CCCCc1cc(O)c(O)c(C(=O)N[C@H]2COC(=O)[C@@H](NC(=O)c3cccc(O)c3O)COC(=O)[C@@H](NC(=O)c3cccc(O)c3O)COC2=O)c1. The average molecular weight is 726 g/mol. The summed E-state index contributed by atoms with van der Waals surface area (Å²) in [6, 6.07) is 3.84. The number of amides is 3. The fourth-order valence-electron chi connectivity index (χ4n) is 4.82. The highest BCUT2D eigenvalue weighted by Crippen LogP contribution is 2.32. The number of carbonyl (C=O) groups is 6. The number of phenols is 6. The lowest BCUT2D eigenvalue weighted by Crippen LogP contribution is -2.52. The Morgan fingerprint density at radius 1 is 0.596 bits per heavy atom. The Morgan fingerprint density at radius 3 is 1.38 bits per heavy atom. The van der Waals surface area contributed by atoms with Gasteiger partial charge in [-0.15, -0.1) is 0 Å². The second-order valence-electron chi connectivity index (χ2n) is 11.4. The summed E-state index contributed by atoms with van der Waals surface area (Å²) in [5.74, 6) is -11.8. The van der Waals surface area contributed by atoms with E-state index in [1.165, 1.54) is 24.3 Å². The lowest BCUT2D eigenvalue weighted by atomic mass is 10.0. The molecule has 0 spiro atoms. The lowest BCUT2D eigenvalue weighted by molar-refractivity contribution is -0.160. The Bertz CT molecular complexity index is 1820. The van der Waals surface area contributed by atoms with Gasteiger partial charge >= 0.3 is 17.9 Å². The van der Waals surface area contributed by atoms with Crippen molar-refractivity contribution in [3.8, 4) is 34.5 Å². The third kappa shape index (κ3) is 9.09. The third-order valence-electron chi connectivity index (χ3n) is 7.68. The van der Waals surface area contributed by atoms with E-state index in [1.54, 1.807) is 0 Å². The number of para-hydroxylation sites is 2. The zero-order valence-electron chi connectivity index (χ0n) is 27.5. The van der Waals surface area contributed by atoms with Crippen LogP contribution >= 0.6 is 0 Å². The summed E-state index contributed by atoms with van der Waals surface area (Å²) in [4.78, 5) is 79.0. The number of aromatic hydroxyl groups is 6. The largest absolute Gasteiger partial charge is 0.504 e. The van der Waals surface area contributed by atoms with Crippen molar-refractivity contribution in [1.82, 2.24) is 16.0 Å². The van der Waals surface area contributed by atoms with Crippen LogP contribution in [0.15, 0.2) is 48.5 Å². The monoisotopic (exact) mass is 725 g/mol. The summed E-state index contributed by atoms with van der Waals surface area (Å²) < 4.78 is 15.5. The standard InChI is InChI=1S/C34H35N3O15/c1-2-3-6-16-11-19(28(43)25(40)12-16)31(46)37-22-15-52-33(48)20(35-29(44)17-7-4-9-23(38)26(17)41)13-50-32(47)21(14-51-34(22)49)36-30(45)18-8-5-10-24(39)27(18)42/h4-5,7-12,20-22,38-43H,2-3,6,13-15H2,1H3,(H,35,44)(H,36,45)(H,37,46)/t20-,21-,22-/m0/s1. The van der Waals surface area contributed by atoms with Gasteiger partial charge in [-0.25, -0.2) is 14.4 Å². The lowest BCUT2D eigenvalue weighted by Gasteiger charge is -2.25. The molecule has 0 unspecified atom stereocenters. The average Bonchev–Trinajstić information content (AvgIpc) is 3.11. The summed E-state index contributed by atoms with van der Waals surface area (Å²) >= 11 is 0. The van der Waals surface area contributed by atoms with Crippen molar-refractivity contribution in [3.63, 3.8) is 0 Å². The van der Waals surface area contributed by atoms with E-state index in [9.17, 15) is 59.4 Å². The van der Waals surface area contributed by atoms with Crippen LogP contribution in [-0.2, 0) is 35.0 Å². The summed E-state index contributed by atoms with van der Waals surface area (Å²) in [7, 11) is 0. The molecule has 18 heteroatoms. The number of unbranched alkanes of at least 4 members (excludes halogenated alkanes) is 1. The molecule has 52 heavy (non-hydrogen) atoms. The molecule has 1 aliphatic heterocycles. The van der Waals surface area contributed by atoms with Crippen LogP contribution in [0.1, 0.15) is 56.4 Å². The predicted molar refractivity (Wildman–Crippen MR) is 175 cm³/mol. The number of esters is 3. The highest BCUT2D eigenvalue weighted by Gasteiger charge is 2.35. The van der Waals surface area contributed by atoms with E-state index in [0.29, 0.717) is 18.4 Å². The van der Waals surface area contributed by atoms with E-state index in [2.05, 4.69) is 16.0 Å². The molecule has 9 N–H and O–H groups in total. The minimum atomic E-state index is -1.84. The van der Waals surface area contributed by atoms with Crippen molar-refractivity contribution in [2.45, 2.75) is 44.3 Å². The van der Waals surface area contributed by atoms with Crippen LogP contribution in [0.25, 0.3) is 0 Å². The van der Waals surface area contributed by atoms with Gasteiger partial charge in [0.25, 0.3) is 17.7 Å². The van der Waals surface area contributed by atoms with Gasteiger partial charge in [0.1, 0.15) is 19.8 Å². The zero-order valence-corrected chi connectivity index (χ0v) is 27.5. The highest BCUT2D eigenvalue weighted by atomic mass is 16.6. The van der Waals surface area contributed by atoms with Crippen molar-refractivity contribution < 1.29 is 73.6 Å². The number of nitrogens with one attached hydrogen (secondary N) is 3. The van der Waals surface area contributed by atoms with Crippen molar-refractivity contribution in [3.05, 3.63) is 70.8 Å². The minimum absolute atomic E-state index is 0.435. The van der Waals surface area contributed by atoms with Crippen LogP contribution < -0.4 is 16.0 Å². The Hall–Kier alpha value is -6.72. The molecular formula is C34H35N3O15. The summed E-state index contributed by atoms with van der Waals surface area (Å²) in [6.07, 6.45) is 1.90. The normalized spacial score (nSPS) is 18.0. The van der Waals surface area contributed by atoms with E-state index < -0.39 is 125 Å². The minimum Gasteiger partial charge on any atom is -0.504 e. The first kappa shape index (κ1) is 38.1. The van der Waals surface area contributed by atoms with E-state index in [1.807, 2.05) is 6.92 Å². The first-order valence-corrected chi connectivity index (χ1v) is 15.7. The topological polar surface area (TPSA) is 288 Å². The molecule has 3 atom stereocenters. The molecule has 0 radical (unpaired) electrons. The number of cyclic esters (lactones) is 3. The van der Waals surface area contributed by atoms with Gasteiger partial charge in [-0.05, 0) is 54.8 Å². The molecule has 18 nitrogen and oxygen atoms in total. The number of hydrogen-bond acceptors (Lipinski definition) is 15. The first-order chi connectivity index (χ1) is 24.7. The van der Waals surface area contributed by atoms with Gasteiger partial charge in [0, 0.05) is 0 Å². The summed E-state index contributed by atoms with van der Waals surface area (Å²) in [6.45, 7) is -0.925. The Kier molecular flexibility index (Phi) is 12.3. The quantitative estimate of drug-likeness (QED) is 0.0829. The Balaban J connectivity index is 1.64. The Labute approximate surface area is 294 Å². The predicted octanol–water partition coefficient (Wildman–Crippen LogP) is 0.602. The highest BCUT2D eigenvalue weighted by molar-refractivity contribution is 6.02. The van der Waals surface area contributed by atoms with Crippen LogP contribution in [0.2, 0.25) is 0 Å². The maximum Gasteiger partial charge on any atom is 0.332 e. The number of benzene rings is 3. The molecular weight excluding hydrogens is 690 g/mol. The van der Waals surface area contributed by atoms with Gasteiger partial charge in [0.05, 0.1) is 16.7 Å². The van der Waals surface area contributed by atoms with Crippen LogP contribution in [0.5, 0.6) is 34.5 Å². The smallest absolute Gasteiger partial charge is 0.332 e. The van der Waals surface area contributed by atoms with Gasteiger partial charge in [0.2, 0.25) is 0 Å². The van der Waals surface area contributed by atoms with Crippen molar-refractivity contribution in [1.29, 1.82) is 0 Å². The molecule has 1 fully saturated rings. The molecule has 0 aromatic heterocycles. The number of aryl methyl sites for hydroxylation is 1. The first-order valence-electron chi connectivity index (χ1n) is 15.7. The van der Waals surface area contributed by atoms with Gasteiger partial charge in [0.15, 0.2) is 52.6 Å². The van der Waals surface area contributed by atoms with Crippen LogP contribution in [0.4, 0.5) is 0 Å². The zero-order chi connectivity index (χ0) is 38.1. The maximum atomic E-state index is 13.3. The van der Waals surface area contributed by atoms with Crippen molar-refractivity contribution in [2.75, 3.05) is 19.8 Å². The number of carbonyl (C=O) groups excluding carboxylic acids is 6. The number of ether oxygens (including phenoxy) is 3. The number of hydrogen-bond donors (Lipinski definition) is 9. The summed E-state index contributed by atoms with van der Waals surface area (Å²) in [5, 5.41) is 67.1. The van der Waals surface area contributed by atoms with E-state index in [-0.39, 0.29) is 0 Å². The molecule has 276 valence electrons. The van der Waals surface area contributed by atoms with Gasteiger partial charge in [-0.3, -0.25) is 14.4 Å². The van der Waals surface area contributed by atoms with Crippen molar-refractivity contribution >= 4 is 35.6 Å². The Morgan fingerprint density at radius 2 is 0.981 bits per heavy atom. The molecule has 3 amide bonds. The molecule has 0 aliphatic carbocycles. The van der Waals surface area contributed by atoms with Crippen LogP contribution in [-0.4, -0.2) is 104 Å². The van der Waals surface area contributed by atoms with Gasteiger partial charge < -0.3 is 60.8 Å². The van der Waals surface area contributed by atoms with Crippen LogP contribution in [0.3, 0.4) is 0 Å². The maximum absolute atomic E-state index is 13.3. The molecule has 3 aromatic rings. The van der Waals surface area contributed by atoms with E-state index >= 15 is 0 Å². The van der Waals surface area contributed by atoms with E-state index in [0.717, 1.165) is 30.7 Å². The molecule has 0 saturated carbocycles. The van der Waals surface area contributed by atoms with Crippen molar-refractivity contribution in [2.24, 2.45) is 0 Å². The molecule has 3 aromatic carbocycles. The molecule has 1 saturated heterocycles. The molecule has 0 bridgehead atoms. The fraction of sp³-hybridized carbons (Fsp3) is 0.294. The molecule has 1 aliphatic rings. The van der Waals surface area contributed by atoms with Gasteiger partial charge in [-0.1, -0.05) is 25.5 Å². The fourth-order valence-corrected chi connectivity index (χ4v) is 4.82. The number of phenolic OH excluding ortho intramolecular Hbond substituents is 6. The van der Waals surface area contributed by atoms with Gasteiger partial charge in [-0.2, -0.15) is 0 Å². The summed E-state index contributed by atoms with van der Waals surface area (Å²) in [5.41, 5.74) is -0.924. The second kappa shape index (κ2) is 16.8. The molecule has 1 heterocycles. The third-order valence-corrected chi connectivity index (χ3v) is 7.68. The second-order valence-corrected chi connectivity index (χ2v) is 11.4. The molecule has 4 rings (SSSR count). The number of rotatable bonds is 9.